The topological polar surface area (TPSA) is 66.1 Å². The zero-order chi connectivity index (χ0) is 15.9. The molecule has 6 heteroatoms. The summed E-state index contributed by atoms with van der Waals surface area (Å²) in [5.74, 6) is 0.725. The van der Waals surface area contributed by atoms with Crippen LogP contribution in [0.15, 0.2) is 59.5 Å². The van der Waals surface area contributed by atoms with Gasteiger partial charge in [0.25, 0.3) is 0 Å². The fraction of sp³-hybridized carbons (Fsp3) is 0.235. The van der Waals surface area contributed by atoms with Gasteiger partial charge in [-0.3, -0.25) is 0 Å². The number of benzene rings is 2. The van der Waals surface area contributed by atoms with E-state index in [-0.39, 0.29) is 6.04 Å². The highest BCUT2D eigenvalue weighted by Gasteiger charge is 2.37. The summed E-state index contributed by atoms with van der Waals surface area (Å²) in [7, 11) is -3.50. The fourth-order valence-electron chi connectivity index (χ4n) is 3.16. The summed E-state index contributed by atoms with van der Waals surface area (Å²) >= 11 is 0. The Morgan fingerprint density at radius 3 is 2.57 bits per heavy atom. The zero-order valence-electron chi connectivity index (χ0n) is 12.5. The minimum atomic E-state index is -3.50. The Labute approximate surface area is 135 Å². The van der Waals surface area contributed by atoms with Gasteiger partial charge in [-0.1, -0.05) is 30.3 Å². The van der Waals surface area contributed by atoms with Crippen LogP contribution in [0.25, 0.3) is 11.0 Å². The lowest BCUT2D eigenvalue weighted by Crippen LogP contribution is -2.31. The highest BCUT2D eigenvalue weighted by atomic mass is 32.2. The fourth-order valence-corrected chi connectivity index (χ4v) is 4.84. The van der Waals surface area contributed by atoms with Crippen LogP contribution in [0.2, 0.25) is 0 Å². The van der Waals surface area contributed by atoms with Crippen LogP contribution in [-0.2, 0) is 10.0 Å². The lowest BCUT2D eigenvalue weighted by molar-refractivity contribution is 0.385. The Hall–Kier alpha value is -2.18. The van der Waals surface area contributed by atoms with Crippen molar-refractivity contribution in [1.29, 1.82) is 0 Å². The molecule has 0 amide bonds. The van der Waals surface area contributed by atoms with Crippen molar-refractivity contribution in [3.8, 4) is 0 Å². The van der Waals surface area contributed by atoms with E-state index in [0.29, 0.717) is 11.4 Å². The highest BCUT2D eigenvalue weighted by Crippen LogP contribution is 2.35. The molecule has 2 aromatic carbocycles. The van der Waals surface area contributed by atoms with Crippen LogP contribution in [-0.4, -0.2) is 29.2 Å². The third-order valence-electron chi connectivity index (χ3n) is 4.28. The van der Waals surface area contributed by atoms with E-state index < -0.39 is 10.0 Å². The number of aromatic nitrogens is 2. The third kappa shape index (κ3) is 2.44. The van der Waals surface area contributed by atoms with Gasteiger partial charge in [-0.2, -0.15) is 4.31 Å². The van der Waals surface area contributed by atoms with Crippen LogP contribution in [0.1, 0.15) is 24.7 Å². The summed E-state index contributed by atoms with van der Waals surface area (Å²) in [6.45, 7) is 0.527. The van der Waals surface area contributed by atoms with Gasteiger partial charge >= 0.3 is 0 Å². The number of nitrogens with one attached hydrogen (secondary N) is 1. The van der Waals surface area contributed by atoms with Gasteiger partial charge in [0.15, 0.2) is 0 Å². The molecule has 0 saturated carbocycles. The molecule has 5 nitrogen and oxygen atoms in total. The summed E-state index contributed by atoms with van der Waals surface area (Å²) in [6, 6.07) is 16.1. The number of hydrogen-bond donors (Lipinski definition) is 1. The lowest BCUT2D eigenvalue weighted by atomic mass is 10.2. The molecule has 1 aliphatic heterocycles. The SMILES string of the molecule is O=S(=O)(c1ccccc1)N1CCC[C@@H]1c1nc2ccccc2[nH]1. The molecule has 2 heterocycles. The van der Waals surface area contributed by atoms with Crippen molar-refractivity contribution in [3.63, 3.8) is 0 Å². The maximum absolute atomic E-state index is 12.9. The maximum atomic E-state index is 12.9. The van der Waals surface area contributed by atoms with Crippen molar-refractivity contribution in [2.45, 2.75) is 23.8 Å². The summed E-state index contributed by atoms with van der Waals surface area (Å²) < 4.78 is 27.4. The number of H-pyrrole nitrogens is 1. The van der Waals surface area contributed by atoms with Crippen molar-refractivity contribution >= 4 is 21.1 Å². The first-order valence-electron chi connectivity index (χ1n) is 7.68. The summed E-state index contributed by atoms with van der Waals surface area (Å²) in [4.78, 5) is 8.20. The molecular formula is C17H17N3O2S. The molecule has 4 rings (SSSR count). The van der Waals surface area contributed by atoms with E-state index in [1.165, 1.54) is 0 Å². The molecule has 1 aromatic heterocycles. The van der Waals surface area contributed by atoms with Gasteiger partial charge in [-0.25, -0.2) is 13.4 Å². The van der Waals surface area contributed by atoms with Gasteiger partial charge in [0.05, 0.1) is 22.0 Å². The number of para-hydroxylation sites is 2. The van der Waals surface area contributed by atoms with Crippen molar-refractivity contribution < 1.29 is 8.42 Å². The van der Waals surface area contributed by atoms with Gasteiger partial charge in [0, 0.05) is 6.54 Å². The predicted octanol–water partition coefficient (Wildman–Crippen LogP) is 3.09. The average molecular weight is 327 g/mol. The van der Waals surface area contributed by atoms with Gasteiger partial charge in [-0.05, 0) is 37.1 Å². The predicted molar refractivity (Wildman–Crippen MR) is 88.4 cm³/mol. The first kappa shape index (κ1) is 14.4. The van der Waals surface area contributed by atoms with Crippen LogP contribution in [0, 0.1) is 0 Å². The summed E-state index contributed by atoms with van der Waals surface area (Å²) in [6.07, 6.45) is 1.62. The van der Waals surface area contributed by atoms with Crippen LogP contribution < -0.4 is 0 Å². The number of imidazole rings is 1. The Bertz CT molecular complexity index is 902. The molecule has 1 N–H and O–H groups in total. The molecule has 23 heavy (non-hydrogen) atoms. The molecule has 118 valence electrons. The molecular weight excluding hydrogens is 310 g/mol. The van der Waals surface area contributed by atoms with Gasteiger partial charge in [0.1, 0.15) is 5.82 Å². The number of rotatable bonds is 3. The van der Waals surface area contributed by atoms with Gasteiger partial charge in [-0.15, -0.1) is 0 Å². The Morgan fingerprint density at radius 1 is 1.04 bits per heavy atom. The van der Waals surface area contributed by atoms with E-state index >= 15 is 0 Å². The Kier molecular flexibility index (Phi) is 3.43. The third-order valence-corrected chi connectivity index (χ3v) is 6.20. The van der Waals surface area contributed by atoms with E-state index in [4.69, 9.17) is 0 Å². The molecule has 1 saturated heterocycles. The number of fused-ring (bicyclic) bond motifs is 1. The van der Waals surface area contributed by atoms with E-state index in [2.05, 4.69) is 9.97 Å². The molecule has 1 aliphatic rings. The van der Waals surface area contributed by atoms with Crippen molar-refractivity contribution in [2.75, 3.05) is 6.54 Å². The van der Waals surface area contributed by atoms with E-state index in [9.17, 15) is 8.42 Å². The van der Waals surface area contributed by atoms with Crippen LogP contribution in [0.5, 0.6) is 0 Å². The smallest absolute Gasteiger partial charge is 0.243 e. The molecule has 0 unspecified atom stereocenters. The first-order chi connectivity index (χ1) is 11.2. The summed E-state index contributed by atoms with van der Waals surface area (Å²) in [5, 5.41) is 0. The molecule has 1 atom stereocenters. The molecule has 0 aliphatic carbocycles. The minimum absolute atomic E-state index is 0.229. The van der Waals surface area contributed by atoms with Crippen LogP contribution in [0.4, 0.5) is 0 Å². The molecule has 0 radical (unpaired) electrons. The van der Waals surface area contributed by atoms with E-state index in [0.717, 1.165) is 29.7 Å². The van der Waals surface area contributed by atoms with Crippen molar-refractivity contribution in [2.24, 2.45) is 0 Å². The van der Waals surface area contributed by atoms with E-state index in [1.807, 2.05) is 30.3 Å². The van der Waals surface area contributed by atoms with Gasteiger partial charge in [0.2, 0.25) is 10.0 Å². The van der Waals surface area contributed by atoms with Gasteiger partial charge < -0.3 is 4.98 Å². The molecule has 0 bridgehead atoms. The zero-order valence-corrected chi connectivity index (χ0v) is 13.3. The Morgan fingerprint density at radius 2 is 1.78 bits per heavy atom. The second-order valence-corrected chi connectivity index (χ2v) is 7.62. The molecule has 1 fully saturated rings. The van der Waals surface area contributed by atoms with Crippen molar-refractivity contribution in [1.82, 2.24) is 14.3 Å². The normalized spacial score (nSPS) is 19.4. The van der Waals surface area contributed by atoms with E-state index in [1.54, 1.807) is 28.6 Å². The number of nitrogens with zero attached hydrogens (tertiary/aromatic N) is 2. The Balaban J connectivity index is 1.74. The summed E-state index contributed by atoms with van der Waals surface area (Å²) in [5.41, 5.74) is 1.80. The number of aromatic amines is 1. The average Bonchev–Trinajstić information content (AvgIpc) is 3.22. The largest absolute Gasteiger partial charge is 0.341 e. The van der Waals surface area contributed by atoms with Crippen LogP contribution >= 0.6 is 0 Å². The lowest BCUT2D eigenvalue weighted by Gasteiger charge is -2.22. The standard InChI is InChI=1S/C17H17N3O2S/c21-23(22,13-7-2-1-3-8-13)20-12-6-11-16(20)17-18-14-9-4-5-10-15(14)19-17/h1-5,7-10,16H,6,11-12H2,(H,18,19)/t16-/m1/s1. The number of hydrogen-bond acceptors (Lipinski definition) is 3. The number of sulfonamides is 1. The minimum Gasteiger partial charge on any atom is -0.341 e. The van der Waals surface area contributed by atoms with Crippen molar-refractivity contribution in [3.05, 3.63) is 60.4 Å². The molecule has 3 aromatic rings. The first-order valence-corrected chi connectivity index (χ1v) is 9.12. The maximum Gasteiger partial charge on any atom is 0.243 e. The molecule has 0 spiro atoms. The second-order valence-electron chi connectivity index (χ2n) is 5.73. The monoisotopic (exact) mass is 327 g/mol. The quantitative estimate of drug-likeness (QED) is 0.804. The second kappa shape index (κ2) is 5.47. The highest BCUT2D eigenvalue weighted by molar-refractivity contribution is 7.89. The van der Waals surface area contributed by atoms with Crippen LogP contribution in [0.3, 0.4) is 0 Å².